The van der Waals surface area contributed by atoms with Crippen LogP contribution in [-0.2, 0) is 6.42 Å². The molecule has 0 saturated heterocycles. The third-order valence-corrected chi connectivity index (χ3v) is 2.84. The number of benzene rings is 1. The SMILES string of the molecule is CCc1c(C)ccc(OC(C)C)c1C(C)C. The van der Waals surface area contributed by atoms with Crippen molar-refractivity contribution in [3.8, 4) is 5.75 Å². The Bertz CT molecular complexity index is 351. The zero-order valence-electron chi connectivity index (χ0n) is 11.4. The molecule has 90 valence electrons. The summed E-state index contributed by atoms with van der Waals surface area (Å²) in [5, 5.41) is 0. The lowest BCUT2D eigenvalue weighted by molar-refractivity contribution is 0.239. The highest BCUT2D eigenvalue weighted by molar-refractivity contribution is 5.46. The van der Waals surface area contributed by atoms with Crippen LogP contribution in [0.25, 0.3) is 0 Å². The van der Waals surface area contributed by atoms with Gasteiger partial charge in [0.05, 0.1) is 6.10 Å². The van der Waals surface area contributed by atoms with Crippen LogP contribution in [0.5, 0.6) is 5.75 Å². The van der Waals surface area contributed by atoms with Crippen LogP contribution in [0, 0.1) is 6.92 Å². The maximum atomic E-state index is 5.90. The Hall–Kier alpha value is -0.980. The van der Waals surface area contributed by atoms with Gasteiger partial charge in [0.2, 0.25) is 0 Å². The predicted octanol–water partition coefficient (Wildman–Crippen LogP) is 4.47. The Balaban J connectivity index is 3.27. The van der Waals surface area contributed by atoms with Crippen LogP contribution in [-0.4, -0.2) is 6.10 Å². The van der Waals surface area contributed by atoms with Crippen molar-refractivity contribution in [3.63, 3.8) is 0 Å². The molecule has 1 aromatic rings. The first-order chi connectivity index (χ1) is 7.47. The smallest absolute Gasteiger partial charge is 0.123 e. The van der Waals surface area contributed by atoms with Gasteiger partial charge >= 0.3 is 0 Å². The van der Waals surface area contributed by atoms with Gasteiger partial charge in [0, 0.05) is 5.56 Å². The van der Waals surface area contributed by atoms with E-state index in [9.17, 15) is 0 Å². The molecule has 0 heterocycles. The van der Waals surface area contributed by atoms with Crippen LogP contribution in [0.1, 0.15) is 57.2 Å². The number of hydrogen-bond acceptors (Lipinski definition) is 1. The molecule has 0 spiro atoms. The zero-order valence-corrected chi connectivity index (χ0v) is 11.4. The van der Waals surface area contributed by atoms with Crippen LogP contribution in [0.3, 0.4) is 0 Å². The van der Waals surface area contributed by atoms with Gasteiger partial charge in [-0.1, -0.05) is 26.8 Å². The molecule has 0 radical (unpaired) electrons. The van der Waals surface area contributed by atoms with Crippen molar-refractivity contribution >= 4 is 0 Å². The molecule has 0 atom stereocenters. The normalized spacial score (nSPS) is 11.2. The first kappa shape index (κ1) is 13.1. The molecule has 0 aliphatic rings. The second kappa shape index (κ2) is 5.38. The Kier molecular flexibility index (Phi) is 4.40. The van der Waals surface area contributed by atoms with Crippen LogP contribution >= 0.6 is 0 Å². The van der Waals surface area contributed by atoms with Gasteiger partial charge in [0.25, 0.3) is 0 Å². The molecule has 1 aromatic carbocycles. The molecule has 0 unspecified atom stereocenters. The van der Waals surface area contributed by atoms with E-state index in [1.807, 2.05) is 0 Å². The molecule has 0 aliphatic heterocycles. The van der Waals surface area contributed by atoms with Gasteiger partial charge in [0.15, 0.2) is 0 Å². The highest BCUT2D eigenvalue weighted by atomic mass is 16.5. The predicted molar refractivity (Wildman–Crippen MR) is 70.4 cm³/mol. The summed E-state index contributed by atoms with van der Waals surface area (Å²) < 4.78 is 5.90. The molecular weight excluding hydrogens is 196 g/mol. The maximum Gasteiger partial charge on any atom is 0.123 e. The van der Waals surface area contributed by atoms with Gasteiger partial charge in [-0.05, 0) is 50.3 Å². The van der Waals surface area contributed by atoms with Gasteiger partial charge in [-0.25, -0.2) is 0 Å². The molecule has 0 fully saturated rings. The van der Waals surface area contributed by atoms with Crippen molar-refractivity contribution < 1.29 is 4.74 Å². The lowest BCUT2D eigenvalue weighted by Gasteiger charge is -2.21. The average Bonchev–Trinajstić information content (AvgIpc) is 2.18. The van der Waals surface area contributed by atoms with Crippen LogP contribution in [0.15, 0.2) is 12.1 Å². The summed E-state index contributed by atoms with van der Waals surface area (Å²) in [5.74, 6) is 1.58. The zero-order chi connectivity index (χ0) is 12.3. The molecule has 0 saturated carbocycles. The Morgan fingerprint density at radius 1 is 1.12 bits per heavy atom. The monoisotopic (exact) mass is 220 g/mol. The lowest BCUT2D eigenvalue weighted by Crippen LogP contribution is -2.10. The number of aryl methyl sites for hydroxylation is 1. The van der Waals surface area contributed by atoms with E-state index < -0.39 is 0 Å². The second-order valence-electron chi connectivity index (χ2n) is 4.95. The minimum atomic E-state index is 0.241. The topological polar surface area (TPSA) is 9.23 Å². The first-order valence-corrected chi connectivity index (χ1v) is 6.26. The molecule has 0 bridgehead atoms. The van der Waals surface area contributed by atoms with Gasteiger partial charge < -0.3 is 4.74 Å². The van der Waals surface area contributed by atoms with E-state index in [1.165, 1.54) is 16.7 Å². The third-order valence-electron chi connectivity index (χ3n) is 2.84. The van der Waals surface area contributed by atoms with Gasteiger partial charge in [-0.3, -0.25) is 0 Å². The minimum absolute atomic E-state index is 0.241. The molecular formula is C15H24O. The summed E-state index contributed by atoms with van der Waals surface area (Å²) in [4.78, 5) is 0. The molecule has 0 aliphatic carbocycles. The van der Waals surface area contributed by atoms with E-state index in [-0.39, 0.29) is 6.10 Å². The van der Waals surface area contributed by atoms with E-state index in [1.54, 1.807) is 0 Å². The van der Waals surface area contributed by atoms with Crippen molar-refractivity contribution in [2.45, 2.75) is 60.0 Å². The molecule has 1 nitrogen and oxygen atoms in total. The van der Waals surface area contributed by atoms with Crippen molar-refractivity contribution in [2.24, 2.45) is 0 Å². The molecule has 0 amide bonds. The quantitative estimate of drug-likeness (QED) is 0.727. The summed E-state index contributed by atoms with van der Waals surface area (Å²) in [7, 11) is 0. The fourth-order valence-corrected chi connectivity index (χ4v) is 2.21. The summed E-state index contributed by atoms with van der Waals surface area (Å²) in [6.45, 7) is 13.0. The molecule has 1 heteroatoms. The van der Waals surface area contributed by atoms with Gasteiger partial charge in [0.1, 0.15) is 5.75 Å². The first-order valence-electron chi connectivity index (χ1n) is 6.26. The Labute approximate surface area is 99.8 Å². The largest absolute Gasteiger partial charge is 0.491 e. The van der Waals surface area contributed by atoms with Crippen LogP contribution in [0.4, 0.5) is 0 Å². The molecule has 16 heavy (non-hydrogen) atoms. The van der Waals surface area contributed by atoms with Crippen molar-refractivity contribution in [2.75, 3.05) is 0 Å². The maximum absolute atomic E-state index is 5.90. The Morgan fingerprint density at radius 2 is 1.75 bits per heavy atom. The van der Waals surface area contributed by atoms with Crippen molar-refractivity contribution in [3.05, 3.63) is 28.8 Å². The van der Waals surface area contributed by atoms with E-state index in [4.69, 9.17) is 4.74 Å². The lowest BCUT2D eigenvalue weighted by atomic mass is 9.91. The molecule has 0 N–H and O–H groups in total. The minimum Gasteiger partial charge on any atom is -0.491 e. The van der Waals surface area contributed by atoms with Gasteiger partial charge in [-0.2, -0.15) is 0 Å². The van der Waals surface area contributed by atoms with Crippen LogP contribution in [0.2, 0.25) is 0 Å². The van der Waals surface area contributed by atoms with Gasteiger partial charge in [-0.15, -0.1) is 0 Å². The van der Waals surface area contributed by atoms with E-state index in [0.717, 1.165) is 12.2 Å². The number of hydrogen-bond donors (Lipinski definition) is 0. The van der Waals surface area contributed by atoms with Crippen LogP contribution < -0.4 is 4.74 Å². The third kappa shape index (κ3) is 2.78. The summed E-state index contributed by atoms with van der Waals surface area (Å²) in [6.07, 6.45) is 1.32. The van der Waals surface area contributed by atoms with Crippen molar-refractivity contribution in [1.82, 2.24) is 0 Å². The second-order valence-corrected chi connectivity index (χ2v) is 4.95. The highest BCUT2D eigenvalue weighted by Crippen LogP contribution is 2.33. The molecule has 1 rings (SSSR count). The fourth-order valence-electron chi connectivity index (χ4n) is 2.21. The Morgan fingerprint density at radius 3 is 2.19 bits per heavy atom. The summed E-state index contributed by atoms with van der Waals surface area (Å²) in [6, 6.07) is 4.28. The fraction of sp³-hybridized carbons (Fsp3) is 0.600. The molecule has 0 aromatic heterocycles. The number of ether oxygens (including phenoxy) is 1. The summed E-state index contributed by atoms with van der Waals surface area (Å²) >= 11 is 0. The summed E-state index contributed by atoms with van der Waals surface area (Å²) in [5.41, 5.74) is 4.21. The highest BCUT2D eigenvalue weighted by Gasteiger charge is 2.15. The number of rotatable bonds is 4. The van der Waals surface area contributed by atoms with E-state index in [0.29, 0.717) is 5.92 Å². The van der Waals surface area contributed by atoms with Crippen molar-refractivity contribution in [1.29, 1.82) is 0 Å². The van der Waals surface area contributed by atoms with E-state index in [2.05, 4.69) is 53.7 Å². The van der Waals surface area contributed by atoms with E-state index >= 15 is 0 Å². The average molecular weight is 220 g/mol. The standard InChI is InChI=1S/C15H24O/c1-7-13-12(6)8-9-14(16-11(4)5)15(13)10(2)3/h8-11H,7H2,1-6H3.